The minimum Gasteiger partial charge on any atom is -0.344 e. The van der Waals surface area contributed by atoms with Crippen LogP contribution in [0, 0.1) is 0 Å². The van der Waals surface area contributed by atoms with E-state index in [-0.39, 0.29) is 24.4 Å². The van der Waals surface area contributed by atoms with Gasteiger partial charge in [-0.1, -0.05) is 36.4 Å². The number of nitrogens with zero attached hydrogens (tertiary/aromatic N) is 2. The topological polar surface area (TPSA) is 59.0 Å². The van der Waals surface area contributed by atoms with Crippen molar-refractivity contribution in [2.45, 2.75) is 37.8 Å². The largest absolute Gasteiger partial charge is 0.344 e. The average molecular weight is 375 g/mol. The molecule has 3 rings (SSSR count). The summed E-state index contributed by atoms with van der Waals surface area (Å²) in [7, 11) is 0. The molecule has 2 unspecified atom stereocenters. The first kappa shape index (κ1) is 20.2. The number of carbonyl (C=O) groups excluding carboxylic acids is 1. The van der Waals surface area contributed by atoms with Crippen molar-refractivity contribution in [2.24, 2.45) is 0 Å². The van der Waals surface area contributed by atoms with Gasteiger partial charge in [0.1, 0.15) is 5.69 Å². The predicted molar refractivity (Wildman–Crippen MR) is 107 cm³/mol. The summed E-state index contributed by atoms with van der Waals surface area (Å²) in [6.07, 6.45) is 7.71. The maximum Gasteiger partial charge on any atom is 0.272 e. The lowest BCUT2D eigenvalue weighted by Gasteiger charge is -2.23. The fourth-order valence-corrected chi connectivity index (χ4v) is 3.25. The third kappa shape index (κ3) is 5.19. The van der Waals surface area contributed by atoms with Crippen LogP contribution < -0.4 is 10.6 Å². The minimum atomic E-state index is -0.125. The quantitative estimate of drug-likeness (QED) is 0.727. The van der Waals surface area contributed by atoms with Gasteiger partial charge in [-0.3, -0.25) is 9.48 Å². The van der Waals surface area contributed by atoms with Crippen LogP contribution in [0.4, 0.5) is 0 Å². The summed E-state index contributed by atoms with van der Waals surface area (Å²) < 4.78 is 1.92. The third-order valence-electron chi connectivity index (χ3n) is 4.65. The highest BCUT2D eigenvalue weighted by Gasteiger charge is 2.20. The van der Waals surface area contributed by atoms with Gasteiger partial charge >= 0.3 is 0 Å². The zero-order chi connectivity index (χ0) is 17.5. The van der Waals surface area contributed by atoms with E-state index in [1.807, 2.05) is 47.3 Å². The summed E-state index contributed by atoms with van der Waals surface area (Å²) in [5.74, 6) is -0.125. The average Bonchev–Trinajstić information content (AvgIpc) is 3.17. The summed E-state index contributed by atoms with van der Waals surface area (Å²) in [5.41, 5.74) is 1.58. The number of nitrogens with one attached hydrogen (secondary N) is 2. The van der Waals surface area contributed by atoms with E-state index < -0.39 is 0 Å². The van der Waals surface area contributed by atoms with E-state index in [1.54, 1.807) is 6.07 Å². The number of hydrogen-bond acceptors (Lipinski definition) is 3. The molecule has 1 fully saturated rings. The van der Waals surface area contributed by atoms with Gasteiger partial charge in [0.2, 0.25) is 0 Å². The van der Waals surface area contributed by atoms with E-state index in [2.05, 4.69) is 22.3 Å². The Morgan fingerprint density at radius 3 is 2.88 bits per heavy atom. The standard InChI is InChI=1S/C20H26N4O.ClH/c1-2-3-11-18(16-8-5-4-6-9-16)22-20(25)19-12-14-24(23-19)17-10-7-13-21-15-17;/h2,4-6,8-9,12,14,17-18,21H,1,3,7,10-11,13,15H2,(H,22,25);1H. The van der Waals surface area contributed by atoms with Crippen LogP contribution in [0.15, 0.2) is 55.3 Å². The minimum absolute atomic E-state index is 0. The van der Waals surface area contributed by atoms with Crippen LogP contribution in [-0.2, 0) is 0 Å². The van der Waals surface area contributed by atoms with Gasteiger partial charge in [0, 0.05) is 12.7 Å². The monoisotopic (exact) mass is 374 g/mol. The summed E-state index contributed by atoms with van der Waals surface area (Å²) >= 11 is 0. The van der Waals surface area contributed by atoms with Crippen molar-refractivity contribution in [3.63, 3.8) is 0 Å². The fourth-order valence-electron chi connectivity index (χ4n) is 3.25. The van der Waals surface area contributed by atoms with Gasteiger partial charge < -0.3 is 10.6 Å². The number of amides is 1. The van der Waals surface area contributed by atoms with E-state index >= 15 is 0 Å². The molecule has 1 amide bonds. The molecule has 1 aromatic carbocycles. The first-order valence-corrected chi connectivity index (χ1v) is 9.00. The molecule has 0 saturated carbocycles. The van der Waals surface area contributed by atoms with Crippen LogP contribution in [0.25, 0.3) is 0 Å². The molecule has 0 radical (unpaired) electrons. The fraction of sp³-hybridized carbons (Fsp3) is 0.400. The lowest BCUT2D eigenvalue weighted by atomic mass is 10.0. The molecule has 2 atom stereocenters. The lowest BCUT2D eigenvalue weighted by Crippen LogP contribution is -2.32. The predicted octanol–water partition coefficient (Wildman–Crippen LogP) is 3.67. The normalized spacial score (nSPS) is 17.8. The summed E-state index contributed by atoms with van der Waals surface area (Å²) in [6.45, 7) is 5.76. The molecule has 2 aromatic rings. The number of rotatable bonds is 7. The SMILES string of the molecule is C=CCCC(NC(=O)c1ccn(C2CCCNC2)n1)c1ccccc1.Cl. The molecule has 0 bridgehead atoms. The Morgan fingerprint density at radius 1 is 1.38 bits per heavy atom. The highest BCUT2D eigenvalue weighted by Crippen LogP contribution is 2.20. The number of benzene rings is 1. The molecule has 1 saturated heterocycles. The van der Waals surface area contributed by atoms with Crippen LogP contribution in [-0.4, -0.2) is 28.8 Å². The Balaban J connectivity index is 0.00000243. The molecule has 1 aliphatic heterocycles. The Labute approximate surface area is 161 Å². The zero-order valence-electron chi connectivity index (χ0n) is 14.9. The molecule has 0 aliphatic carbocycles. The molecule has 6 heteroatoms. The molecule has 2 heterocycles. The van der Waals surface area contributed by atoms with Crippen LogP contribution in [0.1, 0.15) is 53.8 Å². The molecule has 0 spiro atoms. The number of hydrogen-bond donors (Lipinski definition) is 2. The van der Waals surface area contributed by atoms with E-state index in [1.165, 1.54) is 0 Å². The molecule has 5 nitrogen and oxygen atoms in total. The number of aromatic nitrogens is 2. The number of piperidine rings is 1. The molecule has 2 N–H and O–H groups in total. The van der Waals surface area contributed by atoms with Crippen LogP contribution in [0.5, 0.6) is 0 Å². The second-order valence-corrected chi connectivity index (χ2v) is 6.48. The summed E-state index contributed by atoms with van der Waals surface area (Å²) in [6, 6.07) is 12.2. The van der Waals surface area contributed by atoms with Crippen LogP contribution in [0.3, 0.4) is 0 Å². The molecular formula is C20H27ClN4O. The van der Waals surface area contributed by atoms with Crippen molar-refractivity contribution < 1.29 is 4.79 Å². The van der Waals surface area contributed by atoms with Crippen molar-refractivity contribution in [1.29, 1.82) is 0 Å². The van der Waals surface area contributed by atoms with E-state index in [9.17, 15) is 4.79 Å². The Morgan fingerprint density at radius 2 is 2.19 bits per heavy atom. The molecule has 140 valence electrons. The third-order valence-corrected chi connectivity index (χ3v) is 4.65. The first-order chi connectivity index (χ1) is 12.3. The van der Waals surface area contributed by atoms with E-state index in [0.29, 0.717) is 11.7 Å². The van der Waals surface area contributed by atoms with Crippen molar-refractivity contribution in [1.82, 2.24) is 20.4 Å². The van der Waals surface area contributed by atoms with E-state index in [4.69, 9.17) is 0 Å². The highest BCUT2D eigenvalue weighted by atomic mass is 35.5. The summed E-state index contributed by atoms with van der Waals surface area (Å²) in [5, 5.41) is 11.0. The highest BCUT2D eigenvalue weighted by molar-refractivity contribution is 5.92. The van der Waals surface area contributed by atoms with Crippen molar-refractivity contribution >= 4 is 18.3 Å². The number of halogens is 1. The maximum atomic E-state index is 12.7. The Bertz CT molecular complexity index is 695. The second-order valence-electron chi connectivity index (χ2n) is 6.48. The van der Waals surface area contributed by atoms with Gasteiger partial charge in [0.05, 0.1) is 12.1 Å². The van der Waals surface area contributed by atoms with Gasteiger partial charge in [-0.15, -0.1) is 19.0 Å². The summed E-state index contributed by atoms with van der Waals surface area (Å²) in [4.78, 5) is 12.7. The molecule has 1 aromatic heterocycles. The Hall–Kier alpha value is -2.11. The molecule has 1 aliphatic rings. The lowest BCUT2D eigenvalue weighted by molar-refractivity contribution is 0.0928. The molecular weight excluding hydrogens is 348 g/mol. The van der Waals surface area contributed by atoms with Gasteiger partial charge in [0.25, 0.3) is 5.91 Å². The van der Waals surface area contributed by atoms with Crippen LogP contribution >= 0.6 is 12.4 Å². The van der Waals surface area contributed by atoms with Crippen molar-refractivity contribution in [3.05, 3.63) is 66.5 Å². The van der Waals surface area contributed by atoms with Crippen LogP contribution in [0.2, 0.25) is 0 Å². The van der Waals surface area contributed by atoms with Gasteiger partial charge in [-0.05, 0) is 43.9 Å². The van der Waals surface area contributed by atoms with Gasteiger partial charge in [-0.2, -0.15) is 5.10 Å². The van der Waals surface area contributed by atoms with E-state index in [0.717, 1.165) is 44.3 Å². The first-order valence-electron chi connectivity index (χ1n) is 9.00. The van der Waals surface area contributed by atoms with Gasteiger partial charge in [0.15, 0.2) is 0 Å². The Kier molecular flexibility index (Phi) is 7.88. The zero-order valence-corrected chi connectivity index (χ0v) is 15.8. The maximum absolute atomic E-state index is 12.7. The van der Waals surface area contributed by atoms with Crippen molar-refractivity contribution in [3.8, 4) is 0 Å². The second kappa shape index (κ2) is 10.1. The smallest absolute Gasteiger partial charge is 0.272 e. The number of allylic oxidation sites excluding steroid dienone is 1. The van der Waals surface area contributed by atoms with Crippen molar-refractivity contribution in [2.75, 3.05) is 13.1 Å². The number of carbonyl (C=O) groups is 1. The van der Waals surface area contributed by atoms with Gasteiger partial charge in [-0.25, -0.2) is 0 Å². The molecule has 26 heavy (non-hydrogen) atoms.